The van der Waals surface area contributed by atoms with Crippen LogP contribution in [0.1, 0.15) is 36.3 Å². The van der Waals surface area contributed by atoms with Gasteiger partial charge in [0.25, 0.3) is 5.69 Å². The third-order valence-corrected chi connectivity index (χ3v) is 9.74. The van der Waals surface area contributed by atoms with Crippen LogP contribution in [0.4, 0.5) is 11.4 Å². The van der Waals surface area contributed by atoms with Crippen molar-refractivity contribution in [3.63, 3.8) is 0 Å². The lowest BCUT2D eigenvalue weighted by Gasteiger charge is -2.43. The minimum atomic E-state index is -1.18. The lowest BCUT2D eigenvalue weighted by molar-refractivity contribution is -0.384. The van der Waals surface area contributed by atoms with Gasteiger partial charge in [-0.05, 0) is 90.2 Å². The van der Waals surface area contributed by atoms with Crippen molar-refractivity contribution in [2.45, 2.75) is 38.3 Å². The Balaban J connectivity index is 1.24. The summed E-state index contributed by atoms with van der Waals surface area (Å²) in [6.45, 7) is -0.0569. The number of fused-ring (bicyclic) bond motifs is 3. The number of carbonyl (C=O) groups excluding carboxylic acids is 2. The van der Waals surface area contributed by atoms with E-state index in [0.717, 1.165) is 27.2 Å². The third kappa shape index (κ3) is 6.65. The van der Waals surface area contributed by atoms with E-state index in [-0.39, 0.29) is 37.3 Å². The van der Waals surface area contributed by atoms with Crippen molar-refractivity contribution < 1.29 is 38.5 Å². The first-order valence-electron chi connectivity index (χ1n) is 16.6. The van der Waals surface area contributed by atoms with Gasteiger partial charge in [-0.2, -0.15) is 0 Å². The van der Waals surface area contributed by atoms with Gasteiger partial charge in [0.2, 0.25) is 11.8 Å². The Bertz CT molecular complexity index is 1960. The Morgan fingerprint density at radius 2 is 1.74 bits per heavy atom. The SMILES string of the molecule is O=C1[C@@H]2[C@@H](CC(COc3ccccc3)=C3[C@@H](CC/C(=C/c4ccc(CO)o4)c4ccccc4)OB(O)C[C@@H]32)C(=O)N1c1cccc([N+](=O)[O-])c1. The first-order valence-corrected chi connectivity index (χ1v) is 16.6. The van der Waals surface area contributed by atoms with Crippen molar-refractivity contribution in [1.82, 2.24) is 0 Å². The molecule has 0 spiro atoms. The molecular weight excluding hydrogens is 639 g/mol. The highest BCUT2D eigenvalue weighted by atomic mass is 16.6. The molecule has 2 amide bonds. The van der Waals surface area contributed by atoms with Crippen molar-refractivity contribution >= 4 is 42.0 Å². The Kier molecular flexibility index (Phi) is 9.49. The summed E-state index contributed by atoms with van der Waals surface area (Å²) in [4.78, 5) is 40.2. The number of rotatable bonds is 11. The van der Waals surface area contributed by atoms with Crippen molar-refractivity contribution in [2.24, 2.45) is 17.8 Å². The first-order chi connectivity index (χ1) is 24.3. The van der Waals surface area contributed by atoms with E-state index in [1.165, 1.54) is 24.3 Å². The number of anilines is 1. The Morgan fingerprint density at radius 1 is 0.980 bits per heavy atom. The number of furan rings is 1. The van der Waals surface area contributed by atoms with Crippen LogP contribution >= 0.6 is 0 Å². The van der Waals surface area contributed by atoms with Crippen molar-refractivity contribution in [3.8, 4) is 5.75 Å². The number of aliphatic hydroxyl groups is 1. The quantitative estimate of drug-likeness (QED) is 0.0634. The van der Waals surface area contributed by atoms with E-state index < -0.39 is 47.7 Å². The molecule has 2 aliphatic heterocycles. The number of nitro benzene ring substituents is 1. The van der Waals surface area contributed by atoms with E-state index in [2.05, 4.69) is 0 Å². The molecule has 2 saturated heterocycles. The van der Waals surface area contributed by atoms with Gasteiger partial charge in [0.1, 0.15) is 30.5 Å². The molecule has 3 aliphatic rings. The molecule has 1 aliphatic carbocycles. The number of para-hydroxylation sites is 1. The topological polar surface area (TPSA) is 153 Å². The fourth-order valence-corrected chi connectivity index (χ4v) is 7.55. The number of aliphatic hydroxyl groups excluding tert-OH is 1. The molecule has 4 atom stereocenters. The van der Waals surface area contributed by atoms with Crippen LogP contribution in [-0.4, -0.2) is 46.7 Å². The van der Waals surface area contributed by atoms with Crippen LogP contribution in [0.5, 0.6) is 5.75 Å². The zero-order valence-corrected chi connectivity index (χ0v) is 27.1. The third-order valence-electron chi connectivity index (χ3n) is 9.74. The van der Waals surface area contributed by atoms with Gasteiger partial charge in [-0.25, -0.2) is 4.90 Å². The van der Waals surface area contributed by atoms with Crippen LogP contribution in [0.15, 0.2) is 113 Å². The second kappa shape index (κ2) is 14.3. The number of nitro groups is 1. The molecule has 0 bridgehead atoms. The van der Waals surface area contributed by atoms with Gasteiger partial charge in [0.15, 0.2) is 0 Å². The summed E-state index contributed by atoms with van der Waals surface area (Å²) >= 11 is 0. The molecule has 0 saturated carbocycles. The fourth-order valence-electron chi connectivity index (χ4n) is 7.55. The molecule has 12 heteroatoms. The Hall–Kier alpha value is -5.30. The predicted octanol–water partition coefficient (Wildman–Crippen LogP) is 6.08. The van der Waals surface area contributed by atoms with Crippen molar-refractivity contribution in [3.05, 3.63) is 135 Å². The summed E-state index contributed by atoms with van der Waals surface area (Å²) in [5.41, 5.74) is 3.53. The number of allylic oxidation sites excluding steroid dienone is 1. The molecule has 0 unspecified atom stereocenters. The monoisotopic (exact) mass is 674 g/mol. The number of amides is 2. The smallest absolute Gasteiger partial charge is 0.455 e. The number of imide groups is 1. The van der Waals surface area contributed by atoms with Gasteiger partial charge in [0.05, 0.1) is 28.6 Å². The average molecular weight is 675 g/mol. The molecule has 2 N–H and O–H groups in total. The normalized spacial score (nSPS) is 22.1. The summed E-state index contributed by atoms with van der Waals surface area (Å²) in [7, 11) is -1.18. The molecule has 11 nitrogen and oxygen atoms in total. The molecular formula is C38H35BN2O9. The lowest BCUT2D eigenvalue weighted by Crippen LogP contribution is -2.46. The van der Waals surface area contributed by atoms with Crippen LogP contribution < -0.4 is 9.64 Å². The maximum Gasteiger partial charge on any atom is 0.455 e. The maximum absolute atomic E-state index is 14.2. The number of benzene rings is 3. The minimum absolute atomic E-state index is 0.112. The lowest BCUT2D eigenvalue weighted by atomic mass is 9.58. The van der Waals surface area contributed by atoms with Crippen LogP contribution in [-0.2, 0) is 20.9 Å². The number of hydrogen-bond acceptors (Lipinski definition) is 9. The molecule has 2 fully saturated rings. The predicted molar refractivity (Wildman–Crippen MR) is 185 cm³/mol. The van der Waals surface area contributed by atoms with E-state index in [4.69, 9.17) is 13.8 Å². The minimum Gasteiger partial charge on any atom is -0.489 e. The van der Waals surface area contributed by atoms with Gasteiger partial charge in [-0.3, -0.25) is 19.7 Å². The van der Waals surface area contributed by atoms with E-state index in [1.807, 2.05) is 66.7 Å². The molecule has 3 aromatic carbocycles. The highest BCUT2D eigenvalue weighted by Gasteiger charge is 2.57. The zero-order valence-electron chi connectivity index (χ0n) is 27.1. The number of hydrogen-bond donors (Lipinski definition) is 2. The van der Waals surface area contributed by atoms with Gasteiger partial charge in [-0.15, -0.1) is 0 Å². The average Bonchev–Trinajstić information content (AvgIpc) is 3.70. The summed E-state index contributed by atoms with van der Waals surface area (Å²) in [6.07, 6.45) is 2.64. The molecule has 254 valence electrons. The van der Waals surface area contributed by atoms with Crippen molar-refractivity contribution in [2.75, 3.05) is 11.5 Å². The number of ether oxygens (including phenoxy) is 1. The summed E-state index contributed by atoms with van der Waals surface area (Å²) < 4.78 is 18.2. The molecule has 3 heterocycles. The summed E-state index contributed by atoms with van der Waals surface area (Å²) in [6, 6.07) is 28.2. The Morgan fingerprint density at radius 3 is 2.46 bits per heavy atom. The van der Waals surface area contributed by atoms with Crippen LogP contribution in [0.2, 0.25) is 6.32 Å². The van der Waals surface area contributed by atoms with Crippen molar-refractivity contribution in [1.29, 1.82) is 0 Å². The molecule has 1 aromatic heterocycles. The summed E-state index contributed by atoms with van der Waals surface area (Å²) in [5, 5.41) is 32.1. The van der Waals surface area contributed by atoms with E-state index in [9.17, 15) is 29.8 Å². The first kappa shape index (κ1) is 33.2. The number of nitrogens with zero attached hydrogens (tertiary/aromatic N) is 2. The number of carbonyl (C=O) groups is 2. The van der Waals surface area contributed by atoms with Gasteiger partial charge in [-0.1, -0.05) is 54.6 Å². The molecule has 4 aromatic rings. The van der Waals surface area contributed by atoms with Crippen LogP contribution in [0, 0.1) is 27.9 Å². The molecule has 50 heavy (non-hydrogen) atoms. The zero-order chi connectivity index (χ0) is 34.8. The van der Waals surface area contributed by atoms with Crippen LogP contribution in [0.25, 0.3) is 11.6 Å². The van der Waals surface area contributed by atoms with Crippen LogP contribution in [0.3, 0.4) is 0 Å². The second-order valence-corrected chi connectivity index (χ2v) is 12.7. The van der Waals surface area contributed by atoms with E-state index in [1.54, 1.807) is 12.1 Å². The molecule has 7 rings (SSSR count). The largest absolute Gasteiger partial charge is 0.489 e. The van der Waals surface area contributed by atoms with Gasteiger partial charge in [0, 0.05) is 12.1 Å². The van der Waals surface area contributed by atoms with Gasteiger partial charge < -0.3 is 23.9 Å². The number of non-ortho nitro benzene ring substituents is 1. The highest BCUT2D eigenvalue weighted by molar-refractivity contribution is 6.43. The van der Waals surface area contributed by atoms with E-state index in [0.29, 0.717) is 30.1 Å². The summed E-state index contributed by atoms with van der Waals surface area (Å²) in [5.74, 6) is -1.20. The Labute approximate surface area is 288 Å². The van der Waals surface area contributed by atoms with Gasteiger partial charge >= 0.3 is 7.12 Å². The maximum atomic E-state index is 14.2. The molecule has 0 radical (unpaired) electrons. The standard InChI is InChI=1S/C38H35BN2O9/c42-22-31-16-15-30(49-31)18-25(24-8-3-1-4-9-24)14-17-34-35-26(23-48-29-12-5-2-6-13-29)19-32-36(33(35)21-39(45)50-34)38(44)40(37(32)43)27-10-7-11-28(20-27)41(46)47/h1-13,15-16,18,20,32-34,36,42,45H,14,17,19,21-23H2/b25-18-/t32-,33+,34-,36-/m1/s1. The fraction of sp³-hybridized carbons (Fsp3) is 0.263. The second-order valence-electron chi connectivity index (χ2n) is 12.7. The van der Waals surface area contributed by atoms with E-state index >= 15 is 0 Å². The highest BCUT2D eigenvalue weighted by Crippen LogP contribution is 2.51.